The molecule has 1 saturated carbocycles. The van der Waals surface area contributed by atoms with Gasteiger partial charge < -0.3 is 19.4 Å². The molecule has 1 aromatic carbocycles. The number of nitrogens with zero attached hydrogens (tertiary/aromatic N) is 3. The summed E-state index contributed by atoms with van der Waals surface area (Å²) in [5.74, 6) is 1.29. The molecule has 2 atom stereocenters. The van der Waals surface area contributed by atoms with Gasteiger partial charge in [0.25, 0.3) is 5.89 Å². The zero-order valence-electron chi connectivity index (χ0n) is 16.5. The molecule has 5 rings (SSSR count). The zero-order chi connectivity index (χ0) is 20.0. The first kappa shape index (κ1) is 18.7. The molecule has 1 aromatic heterocycles. The predicted molar refractivity (Wildman–Crippen MR) is 108 cm³/mol. The van der Waals surface area contributed by atoms with E-state index in [-0.39, 0.29) is 18.0 Å². The van der Waals surface area contributed by atoms with E-state index in [2.05, 4.69) is 15.5 Å². The van der Waals surface area contributed by atoms with Gasteiger partial charge in [-0.2, -0.15) is 0 Å². The molecule has 3 aliphatic rings. The number of rotatable bonds is 4. The third-order valence-corrected chi connectivity index (χ3v) is 6.72. The molecule has 3 heterocycles. The van der Waals surface area contributed by atoms with Gasteiger partial charge in [0, 0.05) is 18.1 Å². The van der Waals surface area contributed by atoms with Crippen LogP contribution in [0.4, 0.5) is 6.01 Å². The van der Waals surface area contributed by atoms with Crippen LogP contribution in [0.5, 0.6) is 5.75 Å². The standard InChI is InChI=1S/C21H25ClN4O3/c1-13(19(27)26-10-8-21(6-7-21)9-11-26)23-20-25-24-18(29-20)17-4-2-14-12-15(22)3-5-16(14)28-17/h3,5,12-13,17H,2,4,6-11H2,1H3,(H,23,25)/t13-,17+/m1/s1. The van der Waals surface area contributed by atoms with Gasteiger partial charge in [0.05, 0.1) is 0 Å². The quantitative estimate of drug-likeness (QED) is 0.811. The largest absolute Gasteiger partial charge is 0.480 e. The number of hydrogen-bond donors (Lipinski definition) is 1. The van der Waals surface area contributed by atoms with Gasteiger partial charge in [0.15, 0.2) is 6.10 Å². The average Bonchev–Trinajstić information content (AvgIpc) is 3.31. The summed E-state index contributed by atoms with van der Waals surface area (Å²) in [5, 5.41) is 12.0. The number of ether oxygens (including phenoxy) is 1. The number of carbonyl (C=O) groups excluding carboxylic acids is 1. The number of nitrogens with one attached hydrogen (secondary N) is 1. The zero-order valence-corrected chi connectivity index (χ0v) is 17.2. The molecular formula is C21H25ClN4O3. The number of benzene rings is 1. The molecule has 2 aromatic rings. The number of fused-ring (bicyclic) bond motifs is 1. The van der Waals surface area contributed by atoms with Gasteiger partial charge in [-0.05, 0) is 74.6 Å². The molecule has 8 heteroatoms. The Morgan fingerprint density at radius 1 is 1.28 bits per heavy atom. The lowest BCUT2D eigenvalue weighted by atomic mass is 9.93. The minimum atomic E-state index is -0.410. The van der Waals surface area contributed by atoms with Crippen molar-refractivity contribution < 1.29 is 13.9 Å². The molecule has 0 bridgehead atoms. The molecule has 2 fully saturated rings. The topological polar surface area (TPSA) is 80.5 Å². The number of hydrogen-bond acceptors (Lipinski definition) is 6. The molecule has 1 amide bonds. The smallest absolute Gasteiger partial charge is 0.316 e. The van der Waals surface area contributed by atoms with Crippen LogP contribution in [0.1, 0.15) is 56.6 Å². The number of amides is 1. The molecule has 7 nitrogen and oxygen atoms in total. The minimum Gasteiger partial charge on any atom is -0.480 e. The lowest BCUT2D eigenvalue weighted by Gasteiger charge is -2.33. The van der Waals surface area contributed by atoms with Crippen LogP contribution < -0.4 is 10.1 Å². The van der Waals surface area contributed by atoms with Crippen molar-refractivity contribution in [1.29, 1.82) is 0 Å². The van der Waals surface area contributed by atoms with E-state index in [1.165, 1.54) is 12.8 Å². The van der Waals surface area contributed by atoms with Gasteiger partial charge in [-0.1, -0.05) is 16.7 Å². The summed E-state index contributed by atoms with van der Waals surface area (Å²) >= 11 is 6.04. The first-order valence-electron chi connectivity index (χ1n) is 10.4. The number of carbonyl (C=O) groups is 1. The van der Waals surface area contributed by atoms with E-state index in [0.717, 1.165) is 50.1 Å². The lowest BCUT2D eigenvalue weighted by Crippen LogP contribution is -2.45. The number of anilines is 1. The van der Waals surface area contributed by atoms with Crippen LogP contribution >= 0.6 is 11.6 Å². The van der Waals surface area contributed by atoms with E-state index in [1.54, 1.807) is 0 Å². The van der Waals surface area contributed by atoms with Crippen LogP contribution in [0.25, 0.3) is 0 Å². The Labute approximate surface area is 174 Å². The predicted octanol–water partition coefficient (Wildman–Crippen LogP) is 3.99. The van der Waals surface area contributed by atoms with Crippen molar-refractivity contribution in [3.8, 4) is 5.75 Å². The molecule has 1 aliphatic carbocycles. The summed E-state index contributed by atoms with van der Waals surface area (Å²) in [6, 6.07) is 5.44. The molecule has 1 saturated heterocycles. The lowest BCUT2D eigenvalue weighted by molar-refractivity contribution is -0.133. The highest BCUT2D eigenvalue weighted by Gasteiger charge is 2.45. The molecule has 154 valence electrons. The van der Waals surface area contributed by atoms with Crippen LogP contribution in [-0.2, 0) is 11.2 Å². The Morgan fingerprint density at radius 2 is 2.07 bits per heavy atom. The Hall–Kier alpha value is -2.28. The fraction of sp³-hybridized carbons (Fsp3) is 0.571. The van der Waals surface area contributed by atoms with E-state index < -0.39 is 6.04 Å². The van der Waals surface area contributed by atoms with Gasteiger partial charge >= 0.3 is 6.01 Å². The fourth-order valence-electron chi connectivity index (χ4n) is 4.35. The molecule has 1 N–H and O–H groups in total. The van der Waals surface area contributed by atoms with Crippen molar-refractivity contribution in [2.75, 3.05) is 18.4 Å². The Balaban J connectivity index is 1.19. The maximum Gasteiger partial charge on any atom is 0.316 e. The van der Waals surface area contributed by atoms with E-state index >= 15 is 0 Å². The van der Waals surface area contributed by atoms with Crippen molar-refractivity contribution >= 4 is 23.5 Å². The molecule has 0 unspecified atom stereocenters. The van der Waals surface area contributed by atoms with Crippen molar-refractivity contribution in [2.24, 2.45) is 5.41 Å². The van der Waals surface area contributed by atoms with E-state index in [9.17, 15) is 4.79 Å². The van der Waals surface area contributed by atoms with Crippen LogP contribution in [0, 0.1) is 5.41 Å². The maximum atomic E-state index is 12.7. The summed E-state index contributed by atoms with van der Waals surface area (Å²) < 4.78 is 11.8. The molecule has 29 heavy (non-hydrogen) atoms. The monoisotopic (exact) mass is 416 g/mol. The first-order chi connectivity index (χ1) is 14.0. The molecular weight excluding hydrogens is 392 g/mol. The van der Waals surface area contributed by atoms with Crippen molar-refractivity contribution in [3.05, 3.63) is 34.7 Å². The van der Waals surface area contributed by atoms with Crippen molar-refractivity contribution in [3.63, 3.8) is 0 Å². The number of halogens is 1. The Morgan fingerprint density at radius 3 is 2.83 bits per heavy atom. The average molecular weight is 417 g/mol. The van der Waals surface area contributed by atoms with E-state index in [1.807, 2.05) is 30.0 Å². The summed E-state index contributed by atoms with van der Waals surface area (Å²) in [7, 11) is 0. The highest BCUT2D eigenvalue weighted by Crippen LogP contribution is 2.53. The summed E-state index contributed by atoms with van der Waals surface area (Å²) in [6.07, 6.45) is 6.18. The summed E-state index contributed by atoms with van der Waals surface area (Å²) in [5.41, 5.74) is 1.64. The third-order valence-electron chi connectivity index (χ3n) is 6.49. The Bertz CT molecular complexity index is 916. The van der Waals surface area contributed by atoms with E-state index in [4.69, 9.17) is 20.8 Å². The van der Waals surface area contributed by atoms with Crippen molar-refractivity contribution in [2.45, 2.75) is 57.6 Å². The normalized spacial score (nSPS) is 23.2. The second-order valence-corrected chi connectivity index (χ2v) is 8.97. The number of aryl methyl sites for hydroxylation is 1. The highest BCUT2D eigenvalue weighted by molar-refractivity contribution is 6.30. The van der Waals surface area contributed by atoms with Crippen LogP contribution in [0.2, 0.25) is 5.02 Å². The molecule has 0 radical (unpaired) electrons. The maximum absolute atomic E-state index is 12.7. The molecule has 2 aliphatic heterocycles. The van der Waals surface area contributed by atoms with Crippen LogP contribution in [0.15, 0.2) is 22.6 Å². The Kier molecular flexibility index (Phi) is 4.65. The van der Waals surface area contributed by atoms with E-state index in [0.29, 0.717) is 16.3 Å². The molecule has 1 spiro atoms. The van der Waals surface area contributed by atoms with Gasteiger partial charge in [0.1, 0.15) is 11.8 Å². The van der Waals surface area contributed by atoms with Gasteiger partial charge in [-0.3, -0.25) is 4.79 Å². The number of piperidine rings is 1. The van der Waals surface area contributed by atoms with Gasteiger partial charge in [-0.15, -0.1) is 5.10 Å². The SMILES string of the molecule is C[C@@H](Nc1nnc([C@@H]2CCc3cc(Cl)ccc3O2)o1)C(=O)N1CCC2(CC1)CC2. The second-order valence-electron chi connectivity index (χ2n) is 8.53. The van der Waals surface area contributed by atoms with Crippen LogP contribution in [0.3, 0.4) is 0 Å². The van der Waals surface area contributed by atoms with Crippen molar-refractivity contribution in [1.82, 2.24) is 15.1 Å². The van der Waals surface area contributed by atoms with Gasteiger partial charge in [0.2, 0.25) is 5.91 Å². The third kappa shape index (κ3) is 3.80. The van der Waals surface area contributed by atoms with Gasteiger partial charge in [-0.25, -0.2) is 0 Å². The first-order valence-corrected chi connectivity index (χ1v) is 10.7. The second kappa shape index (κ2) is 7.20. The number of likely N-dealkylation sites (tertiary alicyclic amines) is 1. The summed E-state index contributed by atoms with van der Waals surface area (Å²) in [6.45, 7) is 3.53. The number of aromatic nitrogens is 2. The highest BCUT2D eigenvalue weighted by atomic mass is 35.5. The summed E-state index contributed by atoms with van der Waals surface area (Å²) in [4.78, 5) is 14.7. The minimum absolute atomic E-state index is 0.0833. The van der Waals surface area contributed by atoms with Crippen LogP contribution in [-0.4, -0.2) is 40.1 Å². The fourth-order valence-corrected chi connectivity index (χ4v) is 4.55.